The molecule has 0 bridgehead atoms. The summed E-state index contributed by atoms with van der Waals surface area (Å²) in [5.74, 6) is 0.156. The Morgan fingerprint density at radius 1 is 1.04 bits per heavy atom. The normalized spacial score (nSPS) is 15.5. The third kappa shape index (κ3) is 4.80. The van der Waals surface area contributed by atoms with E-state index in [0.717, 1.165) is 23.7 Å². The Bertz CT molecular complexity index is 800. The van der Waals surface area contributed by atoms with Crippen molar-refractivity contribution in [2.45, 2.75) is 24.0 Å². The molecule has 3 rings (SSSR count). The molecule has 27 heavy (non-hydrogen) atoms. The van der Waals surface area contributed by atoms with Crippen molar-refractivity contribution < 1.29 is 9.72 Å². The van der Waals surface area contributed by atoms with Gasteiger partial charge in [0.2, 0.25) is 5.91 Å². The number of carbonyl (C=O) groups is 1. The number of amides is 1. The Morgan fingerprint density at radius 2 is 1.63 bits per heavy atom. The summed E-state index contributed by atoms with van der Waals surface area (Å²) in [6, 6.07) is 14.8. The first kappa shape index (κ1) is 19.2. The van der Waals surface area contributed by atoms with E-state index >= 15 is 0 Å². The Morgan fingerprint density at radius 3 is 2.19 bits per heavy atom. The molecule has 1 fully saturated rings. The summed E-state index contributed by atoms with van der Waals surface area (Å²) >= 11 is 1.59. The van der Waals surface area contributed by atoms with Gasteiger partial charge in [0.1, 0.15) is 0 Å². The molecular weight excluding hydrogens is 362 g/mol. The van der Waals surface area contributed by atoms with E-state index in [1.54, 1.807) is 23.9 Å². The molecule has 1 saturated heterocycles. The summed E-state index contributed by atoms with van der Waals surface area (Å²) in [7, 11) is 0. The molecule has 2 aromatic carbocycles. The van der Waals surface area contributed by atoms with Crippen LogP contribution in [0.2, 0.25) is 0 Å². The van der Waals surface area contributed by atoms with E-state index in [9.17, 15) is 14.9 Å². The quantitative estimate of drug-likeness (QED) is 0.446. The van der Waals surface area contributed by atoms with E-state index < -0.39 is 4.92 Å². The molecule has 1 heterocycles. The zero-order chi connectivity index (χ0) is 19.4. The maximum absolute atomic E-state index is 12.7. The van der Waals surface area contributed by atoms with Gasteiger partial charge < -0.3 is 9.80 Å². The van der Waals surface area contributed by atoms with Gasteiger partial charge in [0.05, 0.1) is 10.2 Å². The number of nitro benzene ring substituents is 1. The van der Waals surface area contributed by atoms with Crippen LogP contribution in [0.15, 0.2) is 53.4 Å². The monoisotopic (exact) mass is 385 g/mol. The number of anilines is 1. The minimum atomic E-state index is -0.395. The molecule has 0 radical (unpaired) electrons. The zero-order valence-corrected chi connectivity index (χ0v) is 16.3. The molecule has 1 aliphatic heterocycles. The maximum Gasteiger partial charge on any atom is 0.269 e. The average molecular weight is 385 g/mol. The Labute approximate surface area is 163 Å². The molecule has 1 unspecified atom stereocenters. The number of thioether (sulfide) groups is 1. The lowest BCUT2D eigenvalue weighted by molar-refractivity contribution is -0.384. The fourth-order valence-corrected chi connectivity index (χ4v) is 4.05. The molecule has 0 aromatic heterocycles. The van der Waals surface area contributed by atoms with E-state index in [1.807, 2.05) is 18.7 Å². The first-order valence-electron chi connectivity index (χ1n) is 8.95. The summed E-state index contributed by atoms with van der Waals surface area (Å²) in [5, 5.41) is 10.6. The summed E-state index contributed by atoms with van der Waals surface area (Å²) < 4.78 is 0. The van der Waals surface area contributed by atoms with Gasteiger partial charge in [-0.3, -0.25) is 14.9 Å². The SMILES string of the molecule is Cc1ccc(SC(C)C(=O)N2CCN(c3ccc([N+](=O)[O-])cc3)CC2)cc1. The lowest BCUT2D eigenvalue weighted by Crippen LogP contribution is -2.50. The number of non-ortho nitro benzene ring substituents is 1. The lowest BCUT2D eigenvalue weighted by Gasteiger charge is -2.37. The average Bonchev–Trinajstić information content (AvgIpc) is 2.69. The number of benzene rings is 2. The number of piperazine rings is 1. The lowest BCUT2D eigenvalue weighted by atomic mass is 10.2. The van der Waals surface area contributed by atoms with Gasteiger partial charge in [-0.05, 0) is 38.1 Å². The van der Waals surface area contributed by atoms with Crippen molar-refractivity contribution >= 4 is 29.0 Å². The minimum absolute atomic E-state index is 0.0921. The topological polar surface area (TPSA) is 66.7 Å². The zero-order valence-electron chi connectivity index (χ0n) is 15.5. The number of nitro groups is 1. The van der Waals surface area contributed by atoms with Crippen molar-refractivity contribution in [3.8, 4) is 0 Å². The van der Waals surface area contributed by atoms with Gasteiger partial charge in [-0.25, -0.2) is 0 Å². The van der Waals surface area contributed by atoms with Crippen molar-refractivity contribution in [2.24, 2.45) is 0 Å². The fourth-order valence-electron chi connectivity index (χ4n) is 3.10. The van der Waals surface area contributed by atoms with Gasteiger partial charge in [-0.2, -0.15) is 0 Å². The Balaban J connectivity index is 1.54. The standard InChI is InChI=1S/C20H23N3O3S/c1-15-3-9-19(10-4-15)27-16(2)20(24)22-13-11-21(12-14-22)17-5-7-18(8-6-17)23(25)26/h3-10,16H,11-14H2,1-2H3. The summed E-state index contributed by atoms with van der Waals surface area (Å²) in [5.41, 5.74) is 2.25. The third-order valence-electron chi connectivity index (χ3n) is 4.70. The fraction of sp³-hybridized carbons (Fsp3) is 0.350. The van der Waals surface area contributed by atoms with Crippen LogP contribution in [-0.2, 0) is 4.79 Å². The summed E-state index contributed by atoms with van der Waals surface area (Å²) in [4.78, 5) is 28.3. The predicted molar refractivity (Wildman–Crippen MR) is 108 cm³/mol. The van der Waals surface area contributed by atoms with E-state index in [2.05, 4.69) is 29.2 Å². The van der Waals surface area contributed by atoms with Crippen molar-refractivity contribution in [3.05, 3.63) is 64.2 Å². The van der Waals surface area contributed by atoms with Gasteiger partial charge in [0.25, 0.3) is 5.69 Å². The van der Waals surface area contributed by atoms with Crippen molar-refractivity contribution in [1.29, 1.82) is 0 Å². The second kappa shape index (κ2) is 8.43. The first-order chi connectivity index (χ1) is 12.9. The van der Waals surface area contributed by atoms with Crippen molar-refractivity contribution in [2.75, 3.05) is 31.1 Å². The summed E-state index contributed by atoms with van der Waals surface area (Å²) in [6.45, 7) is 6.78. The van der Waals surface area contributed by atoms with Crippen LogP contribution in [0.5, 0.6) is 0 Å². The van der Waals surface area contributed by atoms with Crippen molar-refractivity contribution in [1.82, 2.24) is 4.90 Å². The molecule has 6 nitrogen and oxygen atoms in total. The van der Waals surface area contributed by atoms with Crippen LogP contribution >= 0.6 is 11.8 Å². The second-order valence-electron chi connectivity index (χ2n) is 6.66. The van der Waals surface area contributed by atoms with E-state index in [-0.39, 0.29) is 16.8 Å². The maximum atomic E-state index is 12.7. The molecule has 1 atom stereocenters. The molecule has 0 N–H and O–H groups in total. The molecule has 1 aliphatic rings. The molecule has 142 valence electrons. The van der Waals surface area contributed by atoms with Gasteiger partial charge >= 0.3 is 0 Å². The van der Waals surface area contributed by atoms with E-state index in [4.69, 9.17) is 0 Å². The molecule has 1 amide bonds. The predicted octanol–water partition coefficient (Wildman–Crippen LogP) is 3.73. The largest absolute Gasteiger partial charge is 0.368 e. The number of hydrogen-bond donors (Lipinski definition) is 0. The van der Waals surface area contributed by atoms with Gasteiger partial charge in [-0.15, -0.1) is 11.8 Å². The molecule has 7 heteroatoms. The first-order valence-corrected chi connectivity index (χ1v) is 9.83. The third-order valence-corrected chi connectivity index (χ3v) is 5.80. The molecular formula is C20H23N3O3S. The molecule has 0 aliphatic carbocycles. The van der Waals surface area contributed by atoms with Gasteiger partial charge in [-0.1, -0.05) is 17.7 Å². The number of nitrogens with zero attached hydrogens (tertiary/aromatic N) is 3. The van der Waals surface area contributed by atoms with E-state index in [1.165, 1.54) is 17.7 Å². The molecule has 0 saturated carbocycles. The minimum Gasteiger partial charge on any atom is -0.368 e. The van der Waals surface area contributed by atoms with Crippen LogP contribution in [-0.4, -0.2) is 47.2 Å². The van der Waals surface area contributed by atoms with Crippen molar-refractivity contribution in [3.63, 3.8) is 0 Å². The Hall–Kier alpha value is -2.54. The highest BCUT2D eigenvalue weighted by molar-refractivity contribution is 8.00. The van der Waals surface area contributed by atoms with Crippen LogP contribution in [0.25, 0.3) is 0 Å². The molecule has 0 spiro atoms. The number of aryl methyl sites for hydroxylation is 1. The smallest absolute Gasteiger partial charge is 0.269 e. The van der Waals surface area contributed by atoms with Crippen LogP contribution in [0.3, 0.4) is 0 Å². The summed E-state index contributed by atoms with van der Waals surface area (Å²) in [6.07, 6.45) is 0. The highest BCUT2D eigenvalue weighted by Crippen LogP contribution is 2.26. The number of hydrogen-bond acceptors (Lipinski definition) is 5. The van der Waals surface area contributed by atoms with Crippen LogP contribution in [0.4, 0.5) is 11.4 Å². The Kier molecular flexibility index (Phi) is 6.01. The van der Waals surface area contributed by atoms with Gasteiger partial charge in [0, 0.05) is 48.9 Å². The second-order valence-corrected chi connectivity index (χ2v) is 8.07. The highest BCUT2D eigenvalue weighted by Gasteiger charge is 2.25. The molecule has 2 aromatic rings. The van der Waals surface area contributed by atoms with Gasteiger partial charge in [0.15, 0.2) is 0 Å². The van der Waals surface area contributed by atoms with E-state index in [0.29, 0.717) is 13.1 Å². The van der Waals surface area contributed by atoms with Crippen LogP contribution < -0.4 is 4.90 Å². The number of carbonyl (C=O) groups excluding carboxylic acids is 1. The number of rotatable bonds is 5. The van der Waals surface area contributed by atoms with Crippen LogP contribution in [0, 0.1) is 17.0 Å². The highest BCUT2D eigenvalue weighted by atomic mass is 32.2. The van der Waals surface area contributed by atoms with Crippen LogP contribution in [0.1, 0.15) is 12.5 Å².